The van der Waals surface area contributed by atoms with E-state index in [0.717, 1.165) is 0 Å². The molecule has 0 aliphatic rings. The summed E-state index contributed by atoms with van der Waals surface area (Å²) in [5.41, 5.74) is -0.0373. The third kappa shape index (κ3) is 3.93. The van der Waals surface area contributed by atoms with Crippen molar-refractivity contribution in [2.45, 2.75) is 40.0 Å². The molecule has 0 aliphatic carbocycles. The Hall–Kier alpha value is -2.11. The van der Waals surface area contributed by atoms with Crippen LogP contribution in [-0.2, 0) is 5.41 Å². The van der Waals surface area contributed by atoms with Crippen LogP contribution in [0.3, 0.4) is 0 Å². The van der Waals surface area contributed by atoms with Crippen LogP contribution in [0.1, 0.15) is 40.2 Å². The Bertz CT molecular complexity index is 516. The summed E-state index contributed by atoms with van der Waals surface area (Å²) in [6.45, 7) is 10.0. The molecule has 1 aromatic rings. The molecule has 0 amide bonds. The van der Waals surface area contributed by atoms with Gasteiger partial charge in [-0.2, -0.15) is 0 Å². The van der Waals surface area contributed by atoms with Crippen molar-refractivity contribution in [2.24, 2.45) is 0 Å². The van der Waals surface area contributed by atoms with Gasteiger partial charge in [-0.3, -0.25) is 0 Å². The first-order valence-electron chi connectivity index (χ1n) is 6.79. The number of ether oxygens (including phenoxy) is 3. The molecule has 0 fully saturated rings. The maximum Gasteiger partial charge on any atom is 0.511 e. The highest BCUT2D eigenvalue weighted by atomic mass is 16.7. The number of rotatable bonds is 5. The second-order valence-corrected chi connectivity index (χ2v) is 5.41. The molecule has 0 bridgehead atoms. The lowest BCUT2D eigenvalue weighted by molar-refractivity contribution is 0.142. The second-order valence-electron chi connectivity index (χ2n) is 5.41. The van der Waals surface area contributed by atoms with Crippen molar-refractivity contribution in [3.05, 3.63) is 11.6 Å². The van der Waals surface area contributed by atoms with Gasteiger partial charge in [0.05, 0.1) is 13.2 Å². The number of phenols is 1. The van der Waals surface area contributed by atoms with Crippen LogP contribution < -0.4 is 14.2 Å². The fourth-order valence-corrected chi connectivity index (χ4v) is 2.02. The average molecular weight is 298 g/mol. The van der Waals surface area contributed by atoms with Gasteiger partial charge in [0.1, 0.15) is 0 Å². The average Bonchev–Trinajstić information content (AvgIpc) is 2.33. The van der Waals surface area contributed by atoms with Gasteiger partial charge in [-0.05, 0) is 19.3 Å². The lowest BCUT2D eigenvalue weighted by atomic mass is 9.85. The van der Waals surface area contributed by atoms with Gasteiger partial charge in [0.2, 0.25) is 0 Å². The minimum absolute atomic E-state index is 0.167. The topological polar surface area (TPSA) is 85.2 Å². The van der Waals surface area contributed by atoms with Gasteiger partial charge in [-0.15, -0.1) is 0 Å². The summed E-state index contributed by atoms with van der Waals surface area (Å²) in [7, 11) is 0. The molecule has 1 aromatic carbocycles. The summed E-state index contributed by atoms with van der Waals surface area (Å²) >= 11 is 0. The normalized spacial score (nSPS) is 11.1. The van der Waals surface area contributed by atoms with E-state index in [1.54, 1.807) is 6.92 Å². The molecular weight excluding hydrogens is 276 g/mol. The fourth-order valence-electron chi connectivity index (χ4n) is 2.02. The Morgan fingerprint density at radius 2 is 1.71 bits per heavy atom. The third-order valence-corrected chi connectivity index (χ3v) is 2.72. The molecule has 0 unspecified atom stereocenters. The Morgan fingerprint density at radius 3 is 2.14 bits per heavy atom. The van der Waals surface area contributed by atoms with E-state index in [1.807, 2.05) is 27.7 Å². The van der Waals surface area contributed by atoms with Gasteiger partial charge in [-0.25, -0.2) is 4.79 Å². The molecule has 0 heterocycles. The molecule has 0 aromatic heterocycles. The maximum atomic E-state index is 10.8. The largest absolute Gasteiger partial charge is 0.511 e. The number of carbonyl (C=O) groups is 1. The molecule has 6 heteroatoms. The van der Waals surface area contributed by atoms with Gasteiger partial charge in [0.15, 0.2) is 23.0 Å². The van der Waals surface area contributed by atoms with E-state index < -0.39 is 11.6 Å². The van der Waals surface area contributed by atoms with Crippen LogP contribution in [0.4, 0.5) is 4.79 Å². The Labute approximate surface area is 124 Å². The lowest BCUT2D eigenvalue weighted by Crippen LogP contribution is -2.16. The summed E-state index contributed by atoms with van der Waals surface area (Å²) in [6.07, 6.45) is -1.50. The summed E-state index contributed by atoms with van der Waals surface area (Å²) in [5, 5.41) is 19.1. The highest BCUT2D eigenvalue weighted by Crippen LogP contribution is 2.49. The molecule has 0 radical (unpaired) electrons. The molecule has 0 saturated carbocycles. The molecular formula is C15H22O6. The highest BCUT2D eigenvalue weighted by Gasteiger charge is 2.30. The van der Waals surface area contributed by atoms with E-state index in [0.29, 0.717) is 30.3 Å². The predicted octanol–water partition coefficient (Wildman–Crippen LogP) is 3.54. The zero-order chi connectivity index (χ0) is 16.2. The van der Waals surface area contributed by atoms with Crippen molar-refractivity contribution in [1.82, 2.24) is 0 Å². The molecule has 21 heavy (non-hydrogen) atoms. The van der Waals surface area contributed by atoms with Gasteiger partial charge in [0, 0.05) is 11.6 Å². The van der Waals surface area contributed by atoms with Crippen molar-refractivity contribution in [1.29, 1.82) is 0 Å². The predicted molar refractivity (Wildman–Crippen MR) is 77.8 cm³/mol. The summed E-state index contributed by atoms with van der Waals surface area (Å²) < 4.78 is 15.7. The van der Waals surface area contributed by atoms with E-state index in [4.69, 9.17) is 14.6 Å². The smallest absolute Gasteiger partial charge is 0.504 e. The van der Waals surface area contributed by atoms with Gasteiger partial charge >= 0.3 is 6.16 Å². The number of benzene rings is 1. The zero-order valence-electron chi connectivity index (χ0n) is 13.0. The van der Waals surface area contributed by atoms with Crippen LogP contribution >= 0.6 is 0 Å². The van der Waals surface area contributed by atoms with Crippen molar-refractivity contribution < 1.29 is 29.2 Å². The summed E-state index contributed by atoms with van der Waals surface area (Å²) in [6, 6.07) is 1.33. The molecule has 0 spiro atoms. The van der Waals surface area contributed by atoms with E-state index in [1.165, 1.54) is 6.07 Å². The van der Waals surface area contributed by atoms with Crippen molar-refractivity contribution in [3.63, 3.8) is 0 Å². The van der Waals surface area contributed by atoms with Crippen LogP contribution in [-0.4, -0.2) is 29.6 Å². The Balaban J connectivity index is 3.60. The van der Waals surface area contributed by atoms with Crippen LogP contribution in [0.15, 0.2) is 6.07 Å². The molecule has 0 saturated heterocycles. The van der Waals surface area contributed by atoms with E-state index in [9.17, 15) is 9.90 Å². The lowest BCUT2D eigenvalue weighted by Gasteiger charge is -2.26. The molecule has 118 valence electrons. The molecule has 0 aliphatic heterocycles. The van der Waals surface area contributed by atoms with Crippen LogP contribution in [0.25, 0.3) is 0 Å². The summed E-state index contributed by atoms with van der Waals surface area (Å²) in [4.78, 5) is 10.8. The quantitative estimate of drug-likeness (QED) is 0.639. The first-order chi connectivity index (χ1) is 9.72. The molecule has 0 atom stereocenters. The van der Waals surface area contributed by atoms with Crippen LogP contribution in [0.2, 0.25) is 0 Å². The highest BCUT2D eigenvalue weighted by molar-refractivity contribution is 5.68. The Morgan fingerprint density at radius 1 is 1.14 bits per heavy atom. The zero-order valence-corrected chi connectivity index (χ0v) is 13.0. The van der Waals surface area contributed by atoms with Crippen molar-refractivity contribution in [2.75, 3.05) is 13.2 Å². The summed E-state index contributed by atoms with van der Waals surface area (Å²) in [5.74, 6) is 0.330. The Kier molecular flexibility index (Phi) is 5.29. The van der Waals surface area contributed by atoms with E-state index >= 15 is 0 Å². The number of aromatic hydroxyl groups is 1. The van der Waals surface area contributed by atoms with Crippen LogP contribution in [0.5, 0.6) is 23.0 Å². The maximum absolute atomic E-state index is 10.8. The SMILES string of the molecule is CCOc1cc(OC(=O)O)c(O)c(C(C)(C)C)c1OCC. The standard InChI is InChI=1S/C15H22O6/c1-6-19-10-8-9(21-14(17)18)12(16)11(15(3,4)5)13(10)20-7-2/h8,16H,6-7H2,1-5H3,(H,17,18). The van der Waals surface area contributed by atoms with Gasteiger partial charge in [0.25, 0.3) is 0 Å². The van der Waals surface area contributed by atoms with E-state index in [-0.39, 0.29) is 11.5 Å². The van der Waals surface area contributed by atoms with Gasteiger partial charge in [-0.1, -0.05) is 20.8 Å². The second kappa shape index (κ2) is 6.56. The third-order valence-electron chi connectivity index (χ3n) is 2.72. The van der Waals surface area contributed by atoms with Gasteiger partial charge < -0.3 is 24.4 Å². The number of hydrogen-bond donors (Lipinski definition) is 2. The monoisotopic (exact) mass is 298 g/mol. The minimum atomic E-state index is -1.50. The number of hydrogen-bond acceptors (Lipinski definition) is 5. The van der Waals surface area contributed by atoms with Crippen LogP contribution in [0, 0.1) is 0 Å². The minimum Gasteiger partial charge on any atom is -0.504 e. The first kappa shape index (κ1) is 16.9. The fraction of sp³-hybridized carbons (Fsp3) is 0.533. The van der Waals surface area contributed by atoms with Crippen molar-refractivity contribution in [3.8, 4) is 23.0 Å². The number of phenolic OH excluding ortho intramolecular Hbond substituents is 1. The van der Waals surface area contributed by atoms with E-state index in [2.05, 4.69) is 4.74 Å². The van der Waals surface area contributed by atoms with Crippen molar-refractivity contribution >= 4 is 6.16 Å². The number of carboxylic acid groups (broad SMARTS) is 1. The molecule has 6 nitrogen and oxygen atoms in total. The molecule has 2 N–H and O–H groups in total. The molecule has 1 rings (SSSR count). The first-order valence-corrected chi connectivity index (χ1v) is 6.79.